The number of benzene rings is 1. The molecule has 0 saturated carbocycles. The van der Waals surface area contributed by atoms with Gasteiger partial charge in [0.15, 0.2) is 11.5 Å². The zero-order valence-electron chi connectivity index (χ0n) is 9.04. The molecule has 1 aromatic carbocycles. The fraction of sp³-hybridized carbons (Fsp3) is 0.364. The van der Waals surface area contributed by atoms with Gasteiger partial charge in [-0.2, -0.15) is 0 Å². The molecule has 0 aliphatic carbocycles. The quantitative estimate of drug-likeness (QED) is 0.850. The average Bonchev–Trinajstić information content (AvgIpc) is 2.51. The average molecular weight is 286 g/mol. The molecular weight excluding hydrogens is 274 g/mol. The molecule has 1 heterocycles. The Bertz CT molecular complexity index is 431. The Kier molecular flexibility index (Phi) is 2.80. The number of hydrogen-bond acceptors (Lipinski definition) is 3. The predicted molar refractivity (Wildman–Crippen MR) is 64.2 cm³/mol. The topological polar surface area (TPSA) is 47.6 Å². The van der Waals surface area contributed by atoms with Crippen LogP contribution in [0.25, 0.3) is 0 Å². The number of nitrogens with one attached hydrogen (secondary N) is 1. The Labute approximate surface area is 102 Å². The Hall–Kier alpha value is -1.23. The van der Waals surface area contributed by atoms with Crippen molar-refractivity contribution in [2.45, 2.75) is 19.6 Å². The van der Waals surface area contributed by atoms with Crippen LogP contribution < -0.4 is 14.8 Å². The van der Waals surface area contributed by atoms with Crippen molar-refractivity contribution in [1.29, 1.82) is 0 Å². The maximum atomic E-state index is 11.2. The number of halogens is 1. The zero-order valence-corrected chi connectivity index (χ0v) is 10.6. The Morgan fingerprint density at radius 2 is 2.06 bits per heavy atom. The van der Waals surface area contributed by atoms with E-state index in [1.165, 1.54) is 0 Å². The fourth-order valence-electron chi connectivity index (χ4n) is 1.49. The first kappa shape index (κ1) is 11.3. The van der Waals surface area contributed by atoms with Gasteiger partial charge in [-0.05, 0) is 12.1 Å². The lowest BCUT2D eigenvalue weighted by atomic mass is 10.3. The second-order valence-electron chi connectivity index (χ2n) is 3.95. The fourth-order valence-corrected chi connectivity index (χ4v) is 1.63. The third kappa shape index (κ3) is 2.29. The van der Waals surface area contributed by atoms with Crippen LogP contribution in [-0.4, -0.2) is 17.0 Å². The van der Waals surface area contributed by atoms with Crippen LogP contribution in [0, 0.1) is 0 Å². The summed E-state index contributed by atoms with van der Waals surface area (Å²) in [7, 11) is 0. The highest BCUT2D eigenvalue weighted by atomic mass is 79.9. The third-order valence-electron chi connectivity index (χ3n) is 2.06. The molecule has 0 bridgehead atoms. The molecule has 0 saturated heterocycles. The van der Waals surface area contributed by atoms with E-state index in [1.54, 1.807) is 18.2 Å². The van der Waals surface area contributed by atoms with Crippen molar-refractivity contribution in [3.63, 3.8) is 0 Å². The maximum Gasteiger partial charge on any atom is 0.246 e. The van der Waals surface area contributed by atoms with Crippen molar-refractivity contribution < 1.29 is 14.3 Å². The van der Waals surface area contributed by atoms with Crippen molar-refractivity contribution in [2.75, 3.05) is 10.6 Å². The Balaban J connectivity index is 2.19. The van der Waals surface area contributed by atoms with Gasteiger partial charge in [0, 0.05) is 25.6 Å². The molecule has 0 aromatic heterocycles. The number of carbonyl (C=O) groups is 1. The molecule has 0 unspecified atom stereocenters. The number of ether oxygens (including phenoxy) is 2. The van der Waals surface area contributed by atoms with Gasteiger partial charge in [-0.15, -0.1) is 0 Å². The van der Waals surface area contributed by atoms with E-state index in [1.807, 2.05) is 13.8 Å². The van der Waals surface area contributed by atoms with Crippen LogP contribution in [0.3, 0.4) is 0 Å². The number of fused-ring (bicyclic) bond motifs is 1. The molecule has 4 nitrogen and oxygen atoms in total. The van der Waals surface area contributed by atoms with Crippen molar-refractivity contribution in [3.8, 4) is 11.5 Å². The second-order valence-corrected chi connectivity index (χ2v) is 4.51. The highest BCUT2D eigenvalue weighted by Gasteiger charge is 2.31. The van der Waals surface area contributed by atoms with Crippen LogP contribution >= 0.6 is 15.9 Å². The summed E-state index contributed by atoms with van der Waals surface area (Å²) < 4.78 is 11.1. The summed E-state index contributed by atoms with van der Waals surface area (Å²) >= 11 is 3.08. The SMILES string of the molecule is CC1(C)Oc2ccc(NC(=O)CBr)cc2O1. The van der Waals surface area contributed by atoms with E-state index in [9.17, 15) is 4.79 Å². The Morgan fingerprint density at radius 1 is 1.38 bits per heavy atom. The van der Waals surface area contributed by atoms with Gasteiger partial charge in [-0.1, -0.05) is 15.9 Å². The maximum absolute atomic E-state index is 11.2. The van der Waals surface area contributed by atoms with Crippen LogP contribution in [0.1, 0.15) is 13.8 Å². The summed E-state index contributed by atoms with van der Waals surface area (Å²) in [5.74, 6) is 0.609. The predicted octanol–water partition coefficient (Wildman–Crippen LogP) is 2.53. The largest absolute Gasteiger partial charge is 0.449 e. The molecular formula is C11H12BrNO3. The van der Waals surface area contributed by atoms with Crippen molar-refractivity contribution in [2.24, 2.45) is 0 Å². The van der Waals surface area contributed by atoms with Crippen LogP contribution in [0.4, 0.5) is 5.69 Å². The molecule has 0 spiro atoms. The van der Waals surface area contributed by atoms with Crippen molar-refractivity contribution in [3.05, 3.63) is 18.2 Å². The summed E-state index contributed by atoms with van der Waals surface area (Å²) in [6, 6.07) is 5.32. The summed E-state index contributed by atoms with van der Waals surface area (Å²) in [6.07, 6.45) is 0. The molecule has 86 valence electrons. The van der Waals surface area contributed by atoms with E-state index >= 15 is 0 Å². The molecule has 1 aliphatic rings. The van der Waals surface area contributed by atoms with Gasteiger partial charge < -0.3 is 14.8 Å². The molecule has 1 amide bonds. The number of anilines is 1. The molecule has 5 heteroatoms. The number of alkyl halides is 1. The smallest absolute Gasteiger partial charge is 0.246 e. The van der Waals surface area contributed by atoms with Gasteiger partial charge in [-0.25, -0.2) is 0 Å². The van der Waals surface area contributed by atoms with Crippen LogP contribution in [0.15, 0.2) is 18.2 Å². The lowest BCUT2D eigenvalue weighted by Gasteiger charge is -2.16. The summed E-state index contributed by atoms with van der Waals surface area (Å²) in [5.41, 5.74) is 0.699. The number of rotatable bonds is 2. The highest BCUT2D eigenvalue weighted by molar-refractivity contribution is 9.09. The second kappa shape index (κ2) is 3.97. The normalized spacial score (nSPS) is 15.9. The van der Waals surface area contributed by atoms with E-state index in [2.05, 4.69) is 21.2 Å². The minimum Gasteiger partial charge on any atom is -0.449 e. The molecule has 1 aromatic rings. The zero-order chi connectivity index (χ0) is 11.8. The first-order chi connectivity index (χ1) is 7.50. The van der Waals surface area contributed by atoms with E-state index in [4.69, 9.17) is 9.47 Å². The van der Waals surface area contributed by atoms with E-state index in [0.717, 1.165) is 0 Å². The minimum atomic E-state index is -0.639. The van der Waals surface area contributed by atoms with Crippen LogP contribution in [-0.2, 0) is 4.79 Å². The molecule has 2 rings (SSSR count). The lowest BCUT2D eigenvalue weighted by Crippen LogP contribution is -2.29. The van der Waals surface area contributed by atoms with E-state index in [0.29, 0.717) is 17.2 Å². The first-order valence-corrected chi connectivity index (χ1v) is 6.00. The van der Waals surface area contributed by atoms with Gasteiger partial charge in [0.05, 0.1) is 5.33 Å². The molecule has 1 aliphatic heterocycles. The van der Waals surface area contributed by atoms with Crippen molar-refractivity contribution >= 4 is 27.5 Å². The van der Waals surface area contributed by atoms with Crippen LogP contribution in [0.5, 0.6) is 11.5 Å². The molecule has 0 fully saturated rings. The number of amides is 1. The van der Waals surface area contributed by atoms with Gasteiger partial charge in [0.25, 0.3) is 0 Å². The lowest BCUT2D eigenvalue weighted by molar-refractivity contribution is -0.113. The van der Waals surface area contributed by atoms with E-state index < -0.39 is 5.79 Å². The van der Waals surface area contributed by atoms with E-state index in [-0.39, 0.29) is 11.2 Å². The summed E-state index contributed by atoms with van der Waals surface area (Å²) in [4.78, 5) is 11.2. The van der Waals surface area contributed by atoms with Crippen LogP contribution in [0.2, 0.25) is 0 Å². The van der Waals surface area contributed by atoms with Gasteiger partial charge in [-0.3, -0.25) is 4.79 Å². The molecule has 0 radical (unpaired) electrons. The standard InChI is InChI=1S/C11H12BrNO3/c1-11(2)15-8-4-3-7(5-9(8)16-11)13-10(14)6-12/h3-5H,6H2,1-2H3,(H,13,14). The molecule has 0 atom stereocenters. The van der Waals surface area contributed by atoms with Gasteiger partial charge in [0.2, 0.25) is 11.7 Å². The minimum absolute atomic E-state index is 0.0990. The van der Waals surface area contributed by atoms with Gasteiger partial charge in [0.1, 0.15) is 0 Å². The monoisotopic (exact) mass is 285 g/mol. The third-order valence-corrected chi connectivity index (χ3v) is 2.57. The molecule has 16 heavy (non-hydrogen) atoms. The number of hydrogen-bond donors (Lipinski definition) is 1. The van der Waals surface area contributed by atoms with Gasteiger partial charge >= 0.3 is 0 Å². The first-order valence-electron chi connectivity index (χ1n) is 4.88. The molecule has 1 N–H and O–H groups in total. The Morgan fingerprint density at radius 3 is 2.75 bits per heavy atom. The number of carbonyl (C=O) groups excluding carboxylic acids is 1. The summed E-state index contributed by atoms with van der Waals surface area (Å²) in [6.45, 7) is 3.67. The summed E-state index contributed by atoms with van der Waals surface area (Å²) in [5, 5.41) is 3.00. The highest BCUT2D eigenvalue weighted by Crippen LogP contribution is 2.40. The van der Waals surface area contributed by atoms with Crippen molar-refractivity contribution in [1.82, 2.24) is 0 Å².